The number of carbonyl (C=O) groups excluding carboxylic acids is 2. The maximum Gasteiger partial charge on any atom is 0.258 e. The standard InChI is InChI=1S/C24H26N4O5/c1-14(2)32-16-4-5-20-17(12-16)22(29)26-24(33-20)6-8-28(9-7-24)23(30)15-10-19-18(13-25-27-19)21(11-15)31-3/h4-5,10-14H,6-9H2,1-3H3,(H,25,27)(H,26,29). The Hall–Kier alpha value is -3.75. The molecule has 0 aliphatic carbocycles. The molecule has 1 aromatic heterocycles. The fourth-order valence-corrected chi connectivity index (χ4v) is 4.42. The summed E-state index contributed by atoms with van der Waals surface area (Å²) in [5.41, 5.74) is 0.895. The number of piperidine rings is 1. The van der Waals surface area contributed by atoms with Gasteiger partial charge in [0.1, 0.15) is 17.2 Å². The van der Waals surface area contributed by atoms with Crippen LogP contribution in [-0.2, 0) is 0 Å². The highest BCUT2D eigenvalue weighted by Gasteiger charge is 2.43. The number of hydrogen-bond acceptors (Lipinski definition) is 6. The smallest absolute Gasteiger partial charge is 0.258 e. The van der Waals surface area contributed by atoms with E-state index < -0.39 is 5.72 Å². The van der Waals surface area contributed by atoms with Crippen LogP contribution in [0.5, 0.6) is 17.2 Å². The van der Waals surface area contributed by atoms with Gasteiger partial charge in [-0.2, -0.15) is 5.10 Å². The fraction of sp³-hybridized carbons (Fsp3) is 0.375. The first-order chi connectivity index (χ1) is 15.9. The van der Waals surface area contributed by atoms with Gasteiger partial charge in [0.15, 0.2) is 5.72 Å². The van der Waals surface area contributed by atoms with Gasteiger partial charge in [0.2, 0.25) is 0 Å². The van der Waals surface area contributed by atoms with E-state index in [0.717, 1.165) is 10.9 Å². The Balaban J connectivity index is 1.31. The summed E-state index contributed by atoms with van der Waals surface area (Å²) in [5, 5.41) is 10.8. The number of ether oxygens (including phenoxy) is 3. The molecule has 0 saturated carbocycles. The van der Waals surface area contributed by atoms with Gasteiger partial charge in [0.05, 0.1) is 35.9 Å². The molecule has 1 spiro atoms. The first-order valence-corrected chi connectivity index (χ1v) is 11.0. The minimum absolute atomic E-state index is 0.0118. The van der Waals surface area contributed by atoms with Crippen LogP contribution in [0.3, 0.4) is 0 Å². The average molecular weight is 450 g/mol. The van der Waals surface area contributed by atoms with E-state index in [1.165, 1.54) is 0 Å². The molecular formula is C24H26N4O5. The zero-order chi connectivity index (χ0) is 23.2. The molecule has 0 radical (unpaired) electrons. The summed E-state index contributed by atoms with van der Waals surface area (Å²) in [4.78, 5) is 27.8. The lowest BCUT2D eigenvalue weighted by Crippen LogP contribution is -2.61. The van der Waals surface area contributed by atoms with Gasteiger partial charge in [-0.05, 0) is 44.2 Å². The van der Waals surface area contributed by atoms with Crippen LogP contribution < -0.4 is 19.5 Å². The lowest BCUT2D eigenvalue weighted by molar-refractivity contribution is -0.0246. The third-order valence-corrected chi connectivity index (χ3v) is 6.06. The molecule has 2 aliphatic heterocycles. The van der Waals surface area contributed by atoms with Crippen molar-refractivity contribution in [3.05, 3.63) is 47.7 Å². The van der Waals surface area contributed by atoms with E-state index in [4.69, 9.17) is 14.2 Å². The average Bonchev–Trinajstić information content (AvgIpc) is 3.27. The van der Waals surface area contributed by atoms with Crippen molar-refractivity contribution in [1.29, 1.82) is 0 Å². The number of carbonyl (C=O) groups is 2. The molecule has 5 rings (SSSR count). The lowest BCUT2D eigenvalue weighted by atomic mass is 9.96. The van der Waals surface area contributed by atoms with Crippen molar-refractivity contribution < 1.29 is 23.8 Å². The second-order valence-electron chi connectivity index (χ2n) is 8.68. The molecule has 2 aromatic carbocycles. The molecule has 172 valence electrons. The van der Waals surface area contributed by atoms with Crippen LogP contribution in [0.2, 0.25) is 0 Å². The summed E-state index contributed by atoms with van der Waals surface area (Å²) < 4.78 is 17.4. The largest absolute Gasteiger partial charge is 0.496 e. The molecule has 33 heavy (non-hydrogen) atoms. The topological polar surface area (TPSA) is 106 Å². The molecule has 1 fully saturated rings. The van der Waals surface area contributed by atoms with Gasteiger partial charge in [0.25, 0.3) is 11.8 Å². The number of nitrogens with one attached hydrogen (secondary N) is 2. The second kappa shape index (κ2) is 7.99. The van der Waals surface area contributed by atoms with E-state index in [-0.39, 0.29) is 17.9 Å². The molecule has 3 aromatic rings. The molecule has 2 amide bonds. The predicted molar refractivity (Wildman–Crippen MR) is 121 cm³/mol. The summed E-state index contributed by atoms with van der Waals surface area (Å²) in [6.45, 7) is 4.77. The van der Waals surface area contributed by atoms with Crippen LogP contribution in [0.4, 0.5) is 0 Å². The first-order valence-electron chi connectivity index (χ1n) is 11.0. The number of likely N-dealkylation sites (tertiary alicyclic amines) is 1. The van der Waals surface area contributed by atoms with Gasteiger partial charge in [-0.15, -0.1) is 0 Å². The Morgan fingerprint density at radius 2 is 2.00 bits per heavy atom. The Bertz CT molecular complexity index is 1230. The maximum atomic E-state index is 13.2. The van der Waals surface area contributed by atoms with Crippen LogP contribution in [-0.4, -0.2) is 58.9 Å². The first kappa shape index (κ1) is 21.1. The molecule has 0 atom stereocenters. The molecule has 9 heteroatoms. The molecule has 1 saturated heterocycles. The van der Waals surface area contributed by atoms with Gasteiger partial charge in [-0.25, -0.2) is 0 Å². The SMILES string of the molecule is COc1cc(C(=O)N2CCC3(CC2)NC(=O)c2cc(OC(C)C)ccc2O3)cc2[nH]ncc12. The van der Waals surface area contributed by atoms with Gasteiger partial charge >= 0.3 is 0 Å². The molecule has 9 nitrogen and oxygen atoms in total. The number of amides is 2. The van der Waals surface area contributed by atoms with Crippen molar-refractivity contribution in [3.63, 3.8) is 0 Å². The number of nitrogens with zero attached hydrogens (tertiary/aromatic N) is 2. The van der Waals surface area contributed by atoms with Crippen molar-refractivity contribution in [2.24, 2.45) is 0 Å². The van der Waals surface area contributed by atoms with E-state index in [0.29, 0.717) is 54.3 Å². The normalized spacial score (nSPS) is 17.0. The number of aromatic amines is 1. The van der Waals surface area contributed by atoms with E-state index in [9.17, 15) is 9.59 Å². The van der Waals surface area contributed by atoms with Gasteiger partial charge in [-0.3, -0.25) is 14.7 Å². The Morgan fingerprint density at radius 1 is 1.21 bits per heavy atom. The Labute approximate surface area is 191 Å². The zero-order valence-corrected chi connectivity index (χ0v) is 18.8. The van der Waals surface area contributed by atoms with Gasteiger partial charge in [-0.1, -0.05) is 0 Å². The third kappa shape index (κ3) is 3.83. The number of aromatic nitrogens is 2. The van der Waals surface area contributed by atoms with Crippen molar-refractivity contribution in [1.82, 2.24) is 20.4 Å². The van der Waals surface area contributed by atoms with Crippen LogP contribution >= 0.6 is 0 Å². The third-order valence-electron chi connectivity index (χ3n) is 6.06. The number of methoxy groups -OCH3 is 1. The van der Waals surface area contributed by atoms with Gasteiger partial charge in [0, 0.05) is 31.5 Å². The van der Waals surface area contributed by atoms with Crippen molar-refractivity contribution in [2.45, 2.75) is 38.5 Å². The summed E-state index contributed by atoms with van der Waals surface area (Å²) >= 11 is 0. The van der Waals surface area contributed by atoms with Crippen LogP contribution in [0.1, 0.15) is 47.4 Å². The summed E-state index contributed by atoms with van der Waals surface area (Å²) in [7, 11) is 1.57. The molecule has 3 heterocycles. The highest BCUT2D eigenvalue weighted by atomic mass is 16.5. The molecule has 0 unspecified atom stereocenters. The summed E-state index contributed by atoms with van der Waals surface area (Å²) in [6, 6.07) is 8.80. The quantitative estimate of drug-likeness (QED) is 0.633. The minimum atomic E-state index is -0.827. The molecule has 0 bridgehead atoms. The van der Waals surface area contributed by atoms with Crippen molar-refractivity contribution >= 4 is 22.7 Å². The molecule has 2 N–H and O–H groups in total. The summed E-state index contributed by atoms with van der Waals surface area (Å²) in [6.07, 6.45) is 2.65. The highest BCUT2D eigenvalue weighted by molar-refractivity contribution is 6.00. The lowest BCUT2D eigenvalue weighted by Gasteiger charge is -2.44. The number of rotatable bonds is 4. The van der Waals surface area contributed by atoms with E-state index in [1.54, 1.807) is 42.5 Å². The Morgan fingerprint density at radius 3 is 2.73 bits per heavy atom. The van der Waals surface area contributed by atoms with E-state index in [2.05, 4.69) is 15.5 Å². The molecular weight excluding hydrogens is 424 g/mol. The van der Waals surface area contributed by atoms with Crippen molar-refractivity contribution in [3.8, 4) is 17.2 Å². The fourth-order valence-electron chi connectivity index (χ4n) is 4.42. The number of hydrogen-bond donors (Lipinski definition) is 2. The van der Waals surface area contributed by atoms with Crippen LogP contribution in [0.25, 0.3) is 10.9 Å². The maximum absolute atomic E-state index is 13.2. The minimum Gasteiger partial charge on any atom is -0.496 e. The Kier molecular flexibility index (Phi) is 5.11. The number of H-pyrrole nitrogens is 1. The van der Waals surface area contributed by atoms with Crippen LogP contribution in [0, 0.1) is 0 Å². The predicted octanol–water partition coefficient (Wildman–Crippen LogP) is 3.11. The number of fused-ring (bicyclic) bond motifs is 2. The van der Waals surface area contributed by atoms with Gasteiger partial charge < -0.3 is 24.4 Å². The number of benzene rings is 2. The monoisotopic (exact) mass is 450 g/mol. The highest BCUT2D eigenvalue weighted by Crippen LogP contribution is 2.36. The molecule has 2 aliphatic rings. The van der Waals surface area contributed by atoms with Crippen LogP contribution in [0.15, 0.2) is 36.5 Å². The zero-order valence-electron chi connectivity index (χ0n) is 18.8. The van der Waals surface area contributed by atoms with Crippen molar-refractivity contribution in [2.75, 3.05) is 20.2 Å². The van der Waals surface area contributed by atoms with E-state index in [1.807, 2.05) is 19.9 Å². The van der Waals surface area contributed by atoms with E-state index >= 15 is 0 Å². The summed E-state index contributed by atoms with van der Waals surface area (Å²) in [5.74, 6) is 1.46. The second-order valence-corrected chi connectivity index (χ2v) is 8.68.